The molecule has 0 aliphatic carbocycles. The van der Waals surface area contributed by atoms with E-state index in [1.807, 2.05) is 4.90 Å². The molecule has 162 valence electrons. The number of alkyl halides is 3. The zero-order valence-electron chi connectivity index (χ0n) is 16.2. The normalized spacial score (nSPS) is 14.1. The molecule has 1 amide bonds. The number of nitrogens with zero attached hydrogens (tertiary/aromatic N) is 4. The van der Waals surface area contributed by atoms with E-state index in [0.717, 1.165) is 36.7 Å². The van der Waals surface area contributed by atoms with Crippen LogP contribution in [-0.4, -0.2) is 39.9 Å². The lowest BCUT2D eigenvalue weighted by Gasteiger charge is -2.23. The van der Waals surface area contributed by atoms with Gasteiger partial charge >= 0.3 is 6.18 Å². The van der Waals surface area contributed by atoms with Gasteiger partial charge in [0.25, 0.3) is 5.22 Å². The Bertz CT molecular complexity index is 1050. The third kappa shape index (κ3) is 5.16. The predicted octanol–water partition coefficient (Wildman–Crippen LogP) is 4.48. The highest BCUT2D eigenvalue weighted by molar-refractivity contribution is 7.99. The number of pyridine rings is 1. The number of hydrogen-bond donors (Lipinski definition) is 1. The summed E-state index contributed by atoms with van der Waals surface area (Å²) in [6.45, 7) is 1.30. The topological polar surface area (TPSA) is 84.1 Å². The SMILES string of the molecule is O=C(CSc1nnc(-c2ccncc2)o1)Nc1ccc(C(F)(F)F)cc1N1CCCC1. The zero-order chi connectivity index (χ0) is 21.8. The Morgan fingerprint density at radius 2 is 1.87 bits per heavy atom. The van der Waals surface area contributed by atoms with E-state index in [4.69, 9.17) is 4.42 Å². The second-order valence-electron chi connectivity index (χ2n) is 6.87. The van der Waals surface area contributed by atoms with Gasteiger partial charge in [-0.2, -0.15) is 13.2 Å². The lowest BCUT2D eigenvalue weighted by molar-refractivity contribution is -0.137. The summed E-state index contributed by atoms with van der Waals surface area (Å²) in [5.41, 5.74) is 0.696. The van der Waals surface area contributed by atoms with Gasteiger partial charge in [0.1, 0.15) is 0 Å². The number of carbonyl (C=O) groups is 1. The largest absolute Gasteiger partial charge is 0.416 e. The number of aromatic nitrogens is 3. The Labute approximate surface area is 180 Å². The van der Waals surface area contributed by atoms with Crippen LogP contribution < -0.4 is 10.2 Å². The van der Waals surface area contributed by atoms with Crippen LogP contribution in [0.5, 0.6) is 0 Å². The molecule has 1 saturated heterocycles. The van der Waals surface area contributed by atoms with Gasteiger partial charge in [-0.05, 0) is 43.2 Å². The summed E-state index contributed by atoms with van der Waals surface area (Å²) < 4.78 is 45.0. The number of carbonyl (C=O) groups excluding carboxylic acids is 1. The van der Waals surface area contributed by atoms with Crippen LogP contribution in [0.1, 0.15) is 18.4 Å². The molecule has 0 atom stereocenters. The Morgan fingerprint density at radius 1 is 1.13 bits per heavy atom. The van der Waals surface area contributed by atoms with Crippen molar-refractivity contribution in [3.8, 4) is 11.5 Å². The molecule has 0 unspecified atom stereocenters. The van der Waals surface area contributed by atoms with Gasteiger partial charge in [0.2, 0.25) is 11.8 Å². The number of benzene rings is 1. The number of nitrogens with one attached hydrogen (secondary N) is 1. The first-order valence-corrected chi connectivity index (χ1v) is 10.5. The minimum absolute atomic E-state index is 0.0293. The highest BCUT2D eigenvalue weighted by atomic mass is 32.2. The number of thioether (sulfide) groups is 1. The summed E-state index contributed by atoms with van der Waals surface area (Å²) in [5, 5.41) is 10.8. The van der Waals surface area contributed by atoms with E-state index >= 15 is 0 Å². The number of anilines is 2. The molecule has 7 nitrogen and oxygen atoms in total. The lowest BCUT2D eigenvalue weighted by Crippen LogP contribution is -2.22. The van der Waals surface area contributed by atoms with Gasteiger partial charge in [-0.1, -0.05) is 11.8 Å². The van der Waals surface area contributed by atoms with E-state index < -0.39 is 11.7 Å². The van der Waals surface area contributed by atoms with Crippen LogP contribution in [0.2, 0.25) is 0 Å². The molecule has 0 radical (unpaired) electrons. The molecule has 1 N–H and O–H groups in total. The molecular weight excluding hydrogens is 431 g/mol. The van der Waals surface area contributed by atoms with Crippen LogP contribution in [0.15, 0.2) is 52.4 Å². The minimum atomic E-state index is -4.45. The van der Waals surface area contributed by atoms with Gasteiger partial charge in [-0.25, -0.2) is 0 Å². The number of rotatable bonds is 6. The summed E-state index contributed by atoms with van der Waals surface area (Å²) in [7, 11) is 0. The van der Waals surface area contributed by atoms with E-state index in [2.05, 4.69) is 20.5 Å². The first-order valence-electron chi connectivity index (χ1n) is 9.53. The van der Waals surface area contributed by atoms with Crippen LogP contribution in [-0.2, 0) is 11.0 Å². The molecule has 1 fully saturated rings. The molecule has 3 aromatic rings. The molecular formula is C20H18F3N5O2S. The maximum atomic E-state index is 13.1. The molecule has 2 aromatic heterocycles. The molecule has 11 heteroatoms. The van der Waals surface area contributed by atoms with Crippen molar-refractivity contribution in [2.45, 2.75) is 24.2 Å². The second-order valence-corrected chi connectivity index (χ2v) is 7.80. The minimum Gasteiger partial charge on any atom is -0.411 e. The average Bonchev–Trinajstić information content (AvgIpc) is 3.45. The van der Waals surface area contributed by atoms with Crippen molar-refractivity contribution in [3.63, 3.8) is 0 Å². The van der Waals surface area contributed by atoms with Crippen LogP contribution in [0.4, 0.5) is 24.5 Å². The first-order chi connectivity index (χ1) is 14.9. The maximum absolute atomic E-state index is 13.1. The van der Waals surface area contributed by atoms with Crippen molar-refractivity contribution in [1.82, 2.24) is 15.2 Å². The van der Waals surface area contributed by atoms with Crippen molar-refractivity contribution < 1.29 is 22.4 Å². The molecule has 1 aliphatic rings. The molecule has 1 aliphatic heterocycles. The van der Waals surface area contributed by atoms with Gasteiger partial charge in [0, 0.05) is 31.0 Å². The quantitative estimate of drug-likeness (QED) is 0.556. The molecule has 3 heterocycles. The van der Waals surface area contributed by atoms with E-state index in [9.17, 15) is 18.0 Å². The van der Waals surface area contributed by atoms with Crippen molar-refractivity contribution in [3.05, 3.63) is 48.3 Å². The fraction of sp³-hybridized carbons (Fsp3) is 0.300. The van der Waals surface area contributed by atoms with Crippen LogP contribution in [0.25, 0.3) is 11.5 Å². The third-order valence-corrected chi connectivity index (χ3v) is 5.52. The van der Waals surface area contributed by atoms with Gasteiger partial charge in [-0.15, -0.1) is 10.2 Å². The number of amides is 1. The molecule has 0 saturated carbocycles. The predicted molar refractivity (Wildman–Crippen MR) is 110 cm³/mol. The highest BCUT2D eigenvalue weighted by Crippen LogP contribution is 2.37. The highest BCUT2D eigenvalue weighted by Gasteiger charge is 2.32. The van der Waals surface area contributed by atoms with Crippen molar-refractivity contribution in [2.75, 3.05) is 29.1 Å². The Hall–Kier alpha value is -3.08. The third-order valence-electron chi connectivity index (χ3n) is 4.71. The standard InChI is InChI=1S/C20H18F3N5O2S/c21-20(22,23)14-3-4-15(16(11-14)28-9-1-2-10-28)25-17(29)12-31-19-27-26-18(30-19)13-5-7-24-8-6-13/h3-8,11H,1-2,9-10,12H2,(H,25,29). The molecule has 1 aromatic carbocycles. The monoisotopic (exact) mass is 449 g/mol. The smallest absolute Gasteiger partial charge is 0.411 e. The first kappa shape index (κ1) is 21.2. The molecule has 0 spiro atoms. The number of hydrogen-bond acceptors (Lipinski definition) is 7. The van der Waals surface area contributed by atoms with E-state index in [1.54, 1.807) is 24.5 Å². The van der Waals surface area contributed by atoms with Crippen LogP contribution >= 0.6 is 11.8 Å². The summed E-state index contributed by atoms with van der Waals surface area (Å²) in [6.07, 6.45) is 0.549. The second kappa shape index (κ2) is 8.96. The Kier molecular flexibility index (Phi) is 6.12. The van der Waals surface area contributed by atoms with Gasteiger partial charge < -0.3 is 14.6 Å². The molecule has 31 heavy (non-hydrogen) atoms. The Morgan fingerprint density at radius 3 is 2.58 bits per heavy atom. The van der Waals surface area contributed by atoms with E-state index in [0.29, 0.717) is 35.9 Å². The summed E-state index contributed by atoms with van der Waals surface area (Å²) >= 11 is 1.05. The summed E-state index contributed by atoms with van der Waals surface area (Å²) in [5.74, 6) is -0.100. The van der Waals surface area contributed by atoms with Crippen molar-refractivity contribution in [1.29, 1.82) is 0 Å². The van der Waals surface area contributed by atoms with Crippen molar-refractivity contribution in [2.24, 2.45) is 0 Å². The average molecular weight is 449 g/mol. The van der Waals surface area contributed by atoms with Crippen LogP contribution in [0, 0.1) is 0 Å². The summed E-state index contributed by atoms with van der Waals surface area (Å²) in [6, 6.07) is 6.81. The van der Waals surface area contributed by atoms with E-state index in [-0.39, 0.29) is 16.9 Å². The Balaban J connectivity index is 1.43. The van der Waals surface area contributed by atoms with Gasteiger partial charge in [0.05, 0.1) is 22.7 Å². The fourth-order valence-electron chi connectivity index (χ4n) is 3.23. The van der Waals surface area contributed by atoms with E-state index in [1.165, 1.54) is 6.07 Å². The van der Waals surface area contributed by atoms with Crippen LogP contribution in [0.3, 0.4) is 0 Å². The maximum Gasteiger partial charge on any atom is 0.416 e. The molecule has 4 rings (SSSR count). The zero-order valence-corrected chi connectivity index (χ0v) is 17.0. The molecule has 0 bridgehead atoms. The van der Waals surface area contributed by atoms with Crippen molar-refractivity contribution >= 4 is 29.0 Å². The fourth-order valence-corrected chi connectivity index (χ4v) is 3.79. The summed E-state index contributed by atoms with van der Waals surface area (Å²) in [4.78, 5) is 18.2. The number of halogens is 3. The van der Waals surface area contributed by atoms with Gasteiger partial charge in [0.15, 0.2) is 0 Å². The lowest BCUT2D eigenvalue weighted by atomic mass is 10.1. The van der Waals surface area contributed by atoms with Gasteiger partial charge in [-0.3, -0.25) is 9.78 Å².